The first-order valence-electron chi connectivity index (χ1n) is 7.45. The van der Waals surface area contributed by atoms with Gasteiger partial charge in [-0.2, -0.15) is 0 Å². The highest BCUT2D eigenvalue weighted by Crippen LogP contribution is 2.10. The third-order valence-electron chi connectivity index (χ3n) is 3.87. The van der Waals surface area contributed by atoms with E-state index < -0.39 is 0 Å². The van der Waals surface area contributed by atoms with Gasteiger partial charge in [-0.3, -0.25) is 9.69 Å². The van der Waals surface area contributed by atoms with E-state index in [1.165, 1.54) is 0 Å². The van der Waals surface area contributed by atoms with Crippen molar-refractivity contribution in [2.45, 2.75) is 52.2 Å². The highest BCUT2D eigenvalue weighted by atomic mass is 16.1. The smallest absolute Gasteiger partial charge is 0.234 e. The second kappa shape index (κ2) is 7.82. The molecular formula is C14H30N4O. The van der Waals surface area contributed by atoms with Gasteiger partial charge >= 0.3 is 0 Å². The molecule has 0 aromatic carbocycles. The fourth-order valence-electron chi connectivity index (χ4n) is 2.77. The van der Waals surface area contributed by atoms with Crippen LogP contribution in [0.2, 0.25) is 0 Å². The molecule has 0 aliphatic carbocycles. The van der Waals surface area contributed by atoms with Crippen LogP contribution in [0.4, 0.5) is 0 Å². The van der Waals surface area contributed by atoms with Crippen molar-refractivity contribution in [1.29, 1.82) is 0 Å². The summed E-state index contributed by atoms with van der Waals surface area (Å²) in [5.41, 5.74) is 5.44. The Morgan fingerprint density at radius 3 is 2.58 bits per heavy atom. The van der Waals surface area contributed by atoms with E-state index in [9.17, 15) is 4.79 Å². The van der Waals surface area contributed by atoms with E-state index in [-0.39, 0.29) is 18.0 Å². The Bertz CT molecular complexity index is 283. The van der Waals surface area contributed by atoms with Crippen molar-refractivity contribution < 1.29 is 4.79 Å². The number of nitrogens with two attached hydrogens (primary N) is 1. The summed E-state index contributed by atoms with van der Waals surface area (Å²) in [6.07, 6.45) is 0.798. The van der Waals surface area contributed by atoms with Crippen LogP contribution in [0.25, 0.3) is 0 Å². The molecule has 0 aromatic rings. The van der Waals surface area contributed by atoms with Gasteiger partial charge in [0.25, 0.3) is 0 Å². The Morgan fingerprint density at radius 2 is 2.11 bits per heavy atom. The van der Waals surface area contributed by atoms with E-state index in [1.54, 1.807) is 0 Å². The number of primary amides is 1. The van der Waals surface area contributed by atoms with Crippen molar-refractivity contribution in [3.63, 3.8) is 0 Å². The fraction of sp³-hybridized carbons (Fsp3) is 0.929. The van der Waals surface area contributed by atoms with Crippen LogP contribution in [0.15, 0.2) is 0 Å². The lowest BCUT2D eigenvalue weighted by molar-refractivity contribution is -0.120. The summed E-state index contributed by atoms with van der Waals surface area (Å²) >= 11 is 0. The van der Waals surface area contributed by atoms with Gasteiger partial charge in [0.15, 0.2) is 0 Å². The minimum absolute atomic E-state index is 0.209. The number of carbonyl (C=O) groups is 1. The van der Waals surface area contributed by atoms with Crippen molar-refractivity contribution in [3.05, 3.63) is 0 Å². The Hall–Kier alpha value is -0.650. The molecule has 0 bridgehead atoms. The van der Waals surface area contributed by atoms with Gasteiger partial charge in [0, 0.05) is 38.3 Å². The van der Waals surface area contributed by atoms with E-state index in [0.717, 1.165) is 39.1 Å². The maximum absolute atomic E-state index is 11.4. The zero-order valence-corrected chi connectivity index (χ0v) is 12.9. The molecule has 19 heavy (non-hydrogen) atoms. The monoisotopic (exact) mass is 270 g/mol. The first-order valence-corrected chi connectivity index (χ1v) is 7.45. The highest BCUT2D eigenvalue weighted by molar-refractivity contribution is 5.79. The molecule has 1 amide bonds. The van der Waals surface area contributed by atoms with E-state index in [1.807, 2.05) is 13.8 Å². The molecular weight excluding hydrogens is 240 g/mol. The number of hydrogen-bond donors (Lipinski definition) is 2. The number of hydrogen-bond acceptors (Lipinski definition) is 4. The minimum atomic E-state index is -0.242. The molecule has 0 spiro atoms. The van der Waals surface area contributed by atoms with Crippen molar-refractivity contribution in [1.82, 2.24) is 15.1 Å². The van der Waals surface area contributed by atoms with Crippen LogP contribution in [0.1, 0.15) is 34.1 Å². The number of piperazine rings is 1. The average molecular weight is 270 g/mol. The third-order valence-corrected chi connectivity index (χ3v) is 3.87. The van der Waals surface area contributed by atoms with Crippen LogP contribution in [-0.4, -0.2) is 66.6 Å². The van der Waals surface area contributed by atoms with Crippen molar-refractivity contribution in [2.75, 3.05) is 32.7 Å². The molecule has 0 radical (unpaired) electrons. The molecule has 2 atom stereocenters. The molecule has 3 N–H and O–H groups in total. The van der Waals surface area contributed by atoms with Gasteiger partial charge in [-0.15, -0.1) is 0 Å². The summed E-state index contributed by atoms with van der Waals surface area (Å²) in [4.78, 5) is 16.3. The maximum Gasteiger partial charge on any atom is 0.234 e. The van der Waals surface area contributed by atoms with Crippen LogP contribution in [-0.2, 0) is 4.79 Å². The van der Waals surface area contributed by atoms with Gasteiger partial charge in [0.2, 0.25) is 5.91 Å². The van der Waals surface area contributed by atoms with Crippen LogP contribution in [0.5, 0.6) is 0 Å². The number of nitrogens with one attached hydrogen (secondary N) is 1. The lowest BCUT2D eigenvalue weighted by Crippen LogP contribution is -2.53. The van der Waals surface area contributed by atoms with E-state index >= 15 is 0 Å². The summed E-state index contributed by atoms with van der Waals surface area (Å²) in [5, 5.41) is 3.24. The van der Waals surface area contributed by atoms with Crippen molar-refractivity contribution in [3.8, 4) is 0 Å². The van der Waals surface area contributed by atoms with Gasteiger partial charge in [-0.05, 0) is 19.9 Å². The van der Waals surface area contributed by atoms with Crippen LogP contribution >= 0.6 is 0 Å². The molecule has 112 valence electrons. The normalized spacial score (nSPS) is 23.7. The van der Waals surface area contributed by atoms with Gasteiger partial charge in [-0.1, -0.05) is 20.8 Å². The fourth-order valence-corrected chi connectivity index (χ4v) is 2.77. The number of nitrogens with zero attached hydrogens (tertiary/aromatic N) is 2. The van der Waals surface area contributed by atoms with E-state index in [4.69, 9.17) is 5.73 Å². The predicted molar refractivity (Wildman–Crippen MR) is 79.0 cm³/mol. The molecule has 1 aliphatic rings. The molecule has 5 heteroatoms. The molecule has 5 nitrogen and oxygen atoms in total. The Kier molecular flexibility index (Phi) is 6.75. The quantitative estimate of drug-likeness (QED) is 0.696. The average Bonchev–Trinajstić information content (AvgIpc) is 2.34. The molecule has 2 unspecified atom stereocenters. The second-order valence-corrected chi connectivity index (χ2v) is 5.84. The zero-order valence-electron chi connectivity index (χ0n) is 12.9. The zero-order chi connectivity index (χ0) is 14.4. The molecule has 1 heterocycles. The Balaban J connectivity index is 2.37. The van der Waals surface area contributed by atoms with Gasteiger partial charge in [-0.25, -0.2) is 0 Å². The number of rotatable bonds is 7. The van der Waals surface area contributed by atoms with E-state index in [0.29, 0.717) is 6.04 Å². The number of likely N-dealkylation sites (N-methyl/N-ethyl adjacent to an activating group) is 1. The first kappa shape index (κ1) is 16.4. The van der Waals surface area contributed by atoms with Crippen LogP contribution in [0, 0.1) is 0 Å². The molecule has 1 rings (SSSR count). The van der Waals surface area contributed by atoms with Gasteiger partial charge in [0.1, 0.15) is 0 Å². The summed E-state index contributed by atoms with van der Waals surface area (Å²) in [7, 11) is 0. The van der Waals surface area contributed by atoms with Crippen molar-refractivity contribution >= 4 is 5.91 Å². The molecule has 0 saturated carbocycles. The van der Waals surface area contributed by atoms with Gasteiger partial charge in [0.05, 0.1) is 6.04 Å². The predicted octanol–water partition coefficient (Wildman–Crippen LogP) is 0.254. The topological polar surface area (TPSA) is 61.6 Å². The second-order valence-electron chi connectivity index (χ2n) is 5.84. The standard InChI is InChI=1S/C14H30N4O/c1-5-18-9-8-17(10-12(18)4)7-6-13(14(15)19)16-11(2)3/h11-13,16H,5-10H2,1-4H3,(H2,15,19). The van der Waals surface area contributed by atoms with Crippen LogP contribution in [0.3, 0.4) is 0 Å². The highest BCUT2D eigenvalue weighted by Gasteiger charge is 2.24. The lowest BCUT2D eigenvalue weighted by atomic mass is 10.1. The molecule has 1 saturated heterocycles. The minimum Gasteiger partial charge on any atom is -0.368 e. The largest absolute Gasteiger partial charge is 0.368 e. The molecule has 0 aromatic heterocycles. The van der Waals surface area contributed by atoms with Crippen LogP contribution < -0.4 is 11.1 Å². The number of amides is 1. The van der Waals surface area contributed by atoms with E-state index in [2.05, 4.69) is 29.0 Å². The summed E-state index contributed by atoms with van der Waals surface area (Å²) in [6, 6.07) is 0.678. The lowest BCUT2D eigenvalue weighted by Gasteiger charge is -2.39. The summed E-state index contributed by atoms with van der Waals surface area (Å²) in [6.45, 7) is 13.9. The van der Waals surface area contributed by atoms with Crippen molar-refractivity contribution in [2.24, 2.45) is 5.73 Å². The molecule has 1 aliphatic heterocycles. The maximum atomic E-state index is 11.4. The molecule has 1 fully saturated rings. The SMILES string of the molecule is CCN1CCN(CCC(NC(C)C)C(N)=O)CC1C. The van der Waals surface area contributed by atoms with Gasteiger partial charge < -0.3 is 16.0 Å². The Labute approximate surface area is 117 Å². The summed E-state index contributed by atoms with van der Waals surface area (Å²) < 4.78 is 0. The summed E-state index contributed by atoms with van der Waals surface area (Å²) in [5.74, 6) is -0.242. The number of carbonyl (C=O) groups excluding carboxylic acids is 1. The Morgan fingerprint density at radius 1 is 1.42 bits per heavy atom. The third kappa shape index (κ3) is 5.47. The first-order chi connectivity index (χ1) is 8.93.